The first-order valence-corrected chi connectivity index (χ1v) is 12.4. The number of hydrogen-bond acceptors (Lipinski definition) is 6. The van der Waals surface area contributed by atoms with E-state index in [2.05, 4.69) is 5.32 Å². The molecule has 37 heavy (non-hydrogen) atoms. The Morgan fingerprint density at radius 1 is 1.22 bits per heavy atom. The van der Waals surface area contributed by atoms with Gasteiger partial charge in [0.25, 0.3) is 5.91 Å². The number of likely N-dealkylation sites (tertiary alicyclic amines) is 1. The molecule has 1 saturated heterocycles. The molecule has 0 radical (unpaired) electrons. The summed E-state index contributed by atoms with van der Waals surface area (Å²) in [6, 6.07) is 3.74. The number of halogens is 3. The maximum Gasteiger partial charge on any atom is 0.416 e. The lowest BCUT2D eigenvalue weighted by molar-refractivity contribution is -0.151. The second-order valence-corrected chi connectivity index (χ2v) is 9.41. The van der Waals surface area contributed by atoms with Gasteiger partial charge >= 0.3 is 6.18 Å². The third-order valence-corrected chi connectivity index (χ3v) is 6.53. The fraction of sp³-hybridized carbons (Fsp3) is 0.615. The molecule has 0 saturated carbocycles. The van der Waals surface area contributed by atoms with Crippen molar-refractivity contribution >= 4 is 11.8 Å². The highest BCUT2D eigenvalue weighted by Crippen LogP contribution is 2.30. The molecule has 0 spiro atoms. The number of carbonyl (C=O) groups is 2. The number of alkyl halides is 3. The highest BCUT2D eigenvalue weighted by molar-refractivity contribution is 5.89. The van der Waals surface area contributed by atoms with Gasteiger partial charge in [-0.15, -0.1) is 0 Å². The molecule has 1 aliphatic rings. The van der Waals surface area contributed by atoms with Gasteiger partial charge in [0.1, 0.15) is 24.4 Å². The number of nitrogens with zero attached hydrogens (tertiary/aromatic N) is 1. The van der Waals surface area contributed by atoms with Crippen LogP contribution in [0.1, 0.15) is 50.7 Å². The molecule has 2 amide bonds. The Morgan fingerprint density at radius 3 is 2.54 bits per heavy atom. The van der Waals surface area contributed by atoms with Crippen LogP contribution in [-0.2, 0) is 27.0 Å². The van der Waals surface area contributed by atoms with Crippen LogP contribution in [0.2, 0.25) is 0 Å². The molecular formula is C26H37F3N2O6. The highest BCUT2D eigenvalue weighted by atomic mass is 19.4. The van der Waals surface area contributed by atoms with Gasteiger partial charge in [-0.2, -0.15) is 13.2 Å². The summed E-state index contributed by atoms with van der Waals surface area (Å²) >= 11 is 0. The lowest BCUT2D eigenvalue weighted by atomic mass is 9.99. The van der Waals surface area contributed by atoms with E-state index in [1.165, 1.54) is 23.1 Å². The number of aliphatic hydroxyl groups is 3. The molecule has 6 atom stereocenters. The molecule has 208 valence electrons. The van der Waals surface area contributed by atoms with Crippen LogP contribution in [-0.4, -0.2) is 76.1 Å². The molecule has 2 rings (SSSR count). The minimum absolute atomic E-state index is 0.0567. The Hall–Kier alpha value is -2.47. The number of hydrogen-bond donors (Lipinski definition) is 4. The number of nitrogens with one attached hydrogen (secondary N) is 1. The molecule has 0 aliphatic carbocycles. The van der Waals surface area contributed by atoms with E-state index >= 15 is 0 Å². The molecule has 4 N–H and O–H groups in total. The van der Waals surface area contributed by atoms with Gasteiger partial charge in [0.05, 0.1) is 5.56 Å². The fourth-order valence-corrected chi connectivity index (χ4v) is 4.05. The van der Waals surface area contributed by atoms with E-state index in [4.69, 9.17) is 4.74 Å². The Bertz CT molecular complexity index is 926. The summed E-state index contributed by atoms with van der Waals surface area (Å²) in [4.78, 5) is 27.4. The van der Waals surface area contributed by atoms with Crippen molar-refractivity contribution in [3.8, 4) is 0 Å². The van der Waals surface area contributed by atoms with Crippen molar-refractivity contribution in [2.45, 2.75) is 82.7 Å². The Labute approximate surface area is 215 Å². The number of methoxy groups -OCH3 is 1. The largest absolute Gasteiger partial charge is 0.416 e. The van der Waals surface area contributed by atoms with Crippen molar-refractivity contribution in [2.75, 3.05) is 13.7 Å². The molecule has 0 aromatic heterocycles. The molecule has 11 heteroatoms. The average molecular weight is 531 g/mol. The fourth-order valence-electron chi connectivity index (χ4n) is 4.05. The van der Waals surface area contributed by atoms with Gasteiger partial charge in [-0.05, 0) is 42.9 Å². The van der Waals surface area contributed by atoms with Crippen molar-refractivity contribution in [3.63, 3.8) is 0 Å². The summed E-state index contributed by atoms with van der Waals surface area (Å²) < 4.78 is 44.3. The van der Waals surface area contributed by atoms with Gasteiger partial charge in [0, 0.05) is 20.2 Å². The zero-order valence-electron chi connectivity index (χ0n) is 21.3. The quantitative estimate of drug-likeness (QED) is 0.326. The van der Waals surface area contributed by atoms with Gasteiger partial charge in [-0.1, -0.05) is 44.6 Å². The third kappa shape index (κ3) is 8.80. The highest BCUT2D eigenvalue weighted by Gasteiger charge is 2.38. The number of rotatable bonds is 11. The molecule has 1 aliphatic heterocycles. The molecule has 1 unspecified atom stereocenters. The van der Waals surface area contributed by atoms with Crippen LogP contribution < -0.4 is 5.32 Å². The topological polar surface area (TPSA) is 119 Å². The maximum absolute atomic E-state index is 13.2. The van der Waals surface area contributed by atoms with Crippen LogP contribution in [0, 0.1) is 5.92 Å². The van der Waals surface area contributed by atoms with Crippen LogP contribution >= 0.6 is 0 Å². The molecule has 1 fully saturated rings. The summed E-state index contributed by atoms with van der Waals surface area (Å²) in [6.45, 7) is 4.12. The predicted molar refractivity (Wildman–Crippen MR) is 130 cm³/mol. The first-order valence-electron chi connectivity index (χ1n) is 12.4. The second kappa shape index (κ2) is 13.9. The zero-order valence-corrected chi connectivity index (χ0v) is 21.3. The van der Waals surface area contributed by atoms with Crippen LogP contribution in [0.3, 0.4) is 0 Å². The van der Waals surface area contributed by atoms with Crippen molar-refractivity contribution in [1.29, 1.82) is 0 Å². The van der Waals surface area contributed by atoms with Gasteiger partial charge in [-0.3, -0.25) is 9.59 Å². The zero-order chi connectivity index (χ0) is 27.8. The molecular weight excluding hydrogens is 493 g/mol. The number of allylic oxidation sites excluding steroid dienone is 1. The van der Waals surface area contributed by atoms with Crippen molar-refractivity contribution in [2.24, 2.45) is 5.92 Å². The van der Waals surface area contributed by atoms with E-state index in [1.807, 2.05) is 13.8 Å². The molecule has 0 bridgehead atoms. The lowest BCUT2D eigenvalue weighted by Gasteiger charge is -2.29. The van der Waals surface area contributed by atoms with E-state index in [1.54, 1.807) is 6.08 Å². The molecule has 1 aromatic rings. The lowest BCUT2D eigenvalue weighted by Crippen LogP contribution is -2.55. The second-order valence-electron chi connectivity index (χ2n) is 9.41. The van der Waals surface area contributed by atoms with Crippen molar-refractivity contribution < 1.29 is 42.8 Å². The standard InChI is InChI=1S/C26H37F3N2O6/c1-4-16(2)11-12-20(32)21(33)22(34)23(37-3)24(35)30-19-10-5-6-13-31(25(19)36)15-17-8-7-9-18(14-17)26(27,28)29/h7-9,11-12,14,16,19-23,32-34H,4-6,10,13,15H2,1-3H3,(H,30,35)/t16?,19-,20+,21-,22+,23+/m0/s1. The van der Waals surface area contributed by atoms with E-state index in [9.17, 15) is 38.1 Å². The Balaban J connectivity index is 2.09. The van der Waals surface area contributed by atoms with Crippen LogP contribution in [0.4, 0.5) is 13.2 Å². The summed E-state index contributed by atoms with van der Waals surface area (Å²) in [6.07, 6.45) is -5.73. The van der Waals surface area contributed by atoms with Crippen LogP contribution in [0.25, 0.3) is 0 Å². The van der Waals surface area contributed by atoms with Gasteiger partial charge in [-0.25, -0.2) is 0 Å². The van der Waals surface area contributed by atoms with Gasteiger partial charge in [0.2, 0.25) is 5.91 Å². The monoisotopic (exact) mass is 530 g/mol. The number of ether oxygens (including phenoxy) is 1. The average Bonchev–Trinajstić information content (AvgIpc) is 3.02. The normalized spacial score (nSPS) is 21.3. The molecule has 1 heterocycles. The van der Waals surface area contributed by atoms with E-state index in [0.29, 0.717) is 31.4 Å². The first-order chi connectivity index (χ1) is 17.4. The smallest absolute Gasteiger partial charge is 0.387 e. The summed E-state index contributed by atoms with van der Waals surface area (Å²) in [5, 5.41) is 33.6. The number of carbonyl (C=O) groups excluding carboxylic acids is 2. The van der Waals surface area contributed by atoms with Crippen LogP contribution in [0.15, 0.2) is 36.4 Å². The third-order valence-electron chi connectivity index (χ3n) is 6.53. The van der Waals surface area contributed by atoms with Gasteiger partial charge in [0.15, 0.2) is 6.10 Å². The van der Waals surface area contributed by atoms with E-state index in [-0.39, 0.29) is 12.5 Å². The number of benzene rings is 1. The summed E-state index contributed by atoms with van der Waals surface area (Å²) in [5.74, 6) is -1.18. The van der Waals surface area contributed by atoms with Crippen molar-refractivity contribution in [1.82, 2.24) is 10.2 Å². The summed E-state index contributed by atoms with van der Waals surface area (Å²) in [7, 11) is 1.15. The van der Waals surface area contributed by atoms with E-state index in [0.717, 1.165) is 25.7 Å². The number of aliphatic hydroxyl groups excluding tert-OH is 3. The Morgan fingerprint density at radius 2 is 1.92 bits per heavy atom. The molecule has 8 nitrogen and oxygen atoms in total. The van der Waals surface area contributed by atoms with Gasteiger partial charge < -0.3 is 30.3 Å². The number of amides is 2. The predicted octanol–water partition coefficient (Wildman–Crippen LogP) is 2.40. The minimum atomic E-state index is -4.51. The van der Waals surface area contributed by atoms with E-state index < -0.39 is 54.0 Å². The minimum Gasteiger partial charge on any atom is -0.387 e. The maximum atomic E-state index is 13.2. The van der Waals surface area contributed by atoms with Crippen molar-refractivity contribution in [3.05, 3.63) is 47.5 Å². The molecule has 1 aromatic carbocycles. The SMILES string of the molecule is CCC(C)C=C[C@@H](O)[C@H](O)[C@@H](O)[C@@H](OC)C(=O)N[C@H]1CCCCN(Cc2cccc(C(F)(F)F)c2)C1=O. The first kappa shape index (κ1) is 30.8. The Kier molecular flexibility index (Phi) is 11.5. The van der Waals surface area contributed by atoms with Crippen LogP contribution in [0.5, 0.6) is 0 Å². The summed E-state index contributed by atoms with van der Waals surface area (Å²) in [5.41, 5.74) is -0.503.